The summed E-state index contributed by atoms with van der Waals surface area (Å²) in [6, 6.07) is 20.0. The Morgan fingerprint density at radius 2 is 1.03 bits per heavy atom. The molecule has 0 N–H and O–H groups in total. The van der Waals surface area contributed by atoms with Gasteiger partial charge in [0.05, 0.1) is 0 Å². The lowest BCUT2D eigenvalue weighted by Crippen LogP contribution is -2.08. The number of benzene rings is 8. The van der Waals surface area contributed by atoms with Gasteiger partial charge in [0.2, 0.25) is 0 Å². The SMILES string of the molecule is O=c1c2ccccc2c2cc3c(Br)c(Br)c4c(=O)c5c(Br)cccc5c5cc6c(Br)cc1c2c6c3c45. The highest BCUT2D eigenvalue weighted by molar-refractivity contribution is 9.13. The zero-order chi connectivity index (χ0) is 24.6. The van der Waals surface area contributed by atoms with Crippen LogP contribution < -0.4 is 10.9 Å². The van der Waals surface area contributed by atoms with E-state index in [1.54, 1.807) is 0 Å². The zero-order valence-corrected chi connectivity index (χ0v) is 24.4. The molecule has 0 aliphatic carbocycles. The summed E-state index contributed by atoms with van der Waals surface area (Å²) in [7, 11) is 0. The summed E-state index contributed by atoms with van der Waals surface area (Å²) < 4.78 is 3.22. The van der Waals surface area contributed by atoms with Crippen LogP contribution in [0.4, 0.5) is 0 Å². The molecule has 2 nitrogen and oxygen atoms in total. The molecule has 0 amide bonds. The van der Waals surface area contributed by atoms with Gasteiger partial charge in [-0.2, -0.15) is 0 Å². The molecule has 0 bridgehead atoms. The first-order chi connectivity index (χ1) is 17.4. The van der Waals surface area contributed by atoms with E-state index in [1.807, 2.05) is 48.5 Å². The molecule has 36 heavy (non-hydrogen) atoms. The molecule has 0 fully saturated rings. The molecule has 8 rings (SSSR count). The van der Waals surface area contributed by atoms with Gasteiger partial charge >= 0.3 is 0 Å². The number of hydrogen-bond donors (Lipinski definition) is 0. The second-order valence-electron chi connectivity index (χ2n) is 9.22. The molecule has 0 atom stereocenters. The van der Waals surface area contributed by atoms with Crippen LogP contribution in [-0.4, -0.2) is 0 Å². The summed E-state index contributed by atoms with van der Waals surface area (Å²) in [6.45, 7) is 0. The minimum absolute atomic E-state index is 0.0230. The maximum atomic E-state index is 14.0. The van der Waals surface area contributed by atoms with Gasteiger partial charge in [-0.15, -0.1) is 0 Å². The van der Waals surface area contributed by atoms with Gasteiger partial charge in [0.15, 0.2) is 10.9 Å². The third-order valence-electron chi connectivity index (χ3n) is 7.57. The Bertz CT molecular complexity index is 2400. The van der Waals surface area contributed by atoms with Crippen molar-refractivity contribution in [3.05, 3.63) is 99.0 Å². The van der Waals surface area contributed by atoms with Crippen molar-refractivity contribution in [2.45, 2.75) is 0 Å². The lowest BCUT2D eigenvalue weighted by molar-refractivity contribution is 1.66. The van der Waals surface area contributed by atoms with Crippen LogP contribution in [0.1, 0.15) is 0 Å². The van der Waals surface area contributed by atoms with E-state index in [9.17, 15) is 9.59 Å². The average molecular weight is 722 g/mol. The first kappa shape index (κ1) is 21.7. The molecule has 8 aromatic carbocycles. The Balaban J connectivity index is 1.86. The summed E-state index contributed by atoms with van der Waals surface area (Å²) in [5.41, 5.74) is -0.00149. The van der Waals surface area contributed by atoms with Gasteiger partial charge in [-0.3, -0.25) is 9.59 Å². The average Bonchev–Trinajstić information content (AvgIpc) is 2.88. The van der Waals surface area contributed by atoms with Crippen LogP contribution in [-0.2, 0) is 0 Å². The second-order valence-corrected chi connectivity index (χ2v) is 12.5. The molecular formula is C30H10Br4O2. The zero-order valence-electron chi connectivity index (χ0n) is 18.1. The van der Waals surface area contributed by atoms with Crippen molar-refractivity contribution in [3.8, 4) is 0 Å². The summed E-state index contributed by atoms with van der Waals surface area (Å²) in [6.07, 6.45) is 0. The highest BCUT2D eigenvalue weighted by Gasteiger charge is 2.26. The van der Waals surface area contributed by atoms with E-state index in [4.69, 9.17) is 0 Å². The number of hydrogen-bond acceptors (Lipinski definition) is 2. The minimum atomic E-state index is -0.0245. The van der Waals surface area contributed by atoms with E-state index >= 15 is 0 Å². The molecule has 170 valence electrons. The maximum Gasteiger partial charge on any atom is 0.196 e. The van der Waals surface area contributed by atoms with Gasteiger partial charge < -0.3 is 0 Å². The fraction of sp³-hybridized carbons (Fsp3) is 0. The topological polar surface area (TPSA) is 34.1 Å². The summed E-state index contributed by atoms with van der Waals surface area (Å²) >= 11 is 15.0. The Hall–Kier alpha value is -2.38. The summed E-state index contributed by atoms with van der Waals surface area (Å²) in [4.78, 5) is 27.6. The van der Waals surface area contributed by atoms with Crippen molar-refractivity contribution in [2.75, 3.05) is 0 Å². The van der Waals surface area contributed by atoms with Gasteiger partial charge in [0.25, 0.3) is 0 Å². The molecule has 0 saturated carbocycles. The minimum Gasteiger partial charge on any atom is -0.289 e. The highest BCUT2D eigenvalue weighted by Crippen LogP contribution is 2.51. The number of halogens is 4. The van der Waals surface area contributed by atoms with Gasteiger partial charge in [0, 0.05) is 55.6 Å². The fourth-order valence-electron chi connectivity index (χ4n) is 6.13. The van der Waals surface area contributed by atoms with Gasteiger partial charge in [-0.05, 0) is 93.8 Å². The predicted molar refractivity (Wildman–Crippen MR) is 166 cm³/mol. The Morgan fingerprint density at radius 3 is 1.83 bits per heavy atom. The first-order valence-electron chi connectivity index (χ1n) is 11.2. The van der Waals surface area contributed by atoms with Crippen molar-refractivity contribution in [3.63, 3.8) is 0 Å². The summed E-state index contributed by atoms with van der Waals surface area (Å²) in [5, 5.41) is 12.5. The van der Waals surface area contributed by atoms with E-state index in [2.05, 4.69) is 75.9 Å². The van der Waals surface area contributed by atoms with Crippen LogP contribution in [0, 0.1) is 0 Å². The van der Waals surface area contributed by atoms with E-state index < -0.39 is 0 Å². The van der Waals surface area contributed by atoms with Gasteiger partial charge in [-0.1, -0.05) is 68.3 Å². The monoisotopic (exact) mass is 718 g/mol. The molecule has 6 heteroatoms. The van der Waals surface area contributed by atoms with Crippen LogP contribution in [0.2, 0.25) is 0 Å². The van der Waals surface area contributed by atoms with E-state index in [1.165, 1.54) is 0 Å². The van der Waals surface area contributed by atoms with Crippen LogP contribution in [0.25, 0.3) is 75.4 Å². The van der Waals surface area contributed by atoms with Gasteiger partial charge in [-0.25, -0.2) is 0 Å². The molecular weight excluding hydrogens is 712 g/mol. The number of rotatable bonds is 0. The molecule has 0 aromatic heterocycles. The van der Waals surface area contributed by atoms with E-state index in [0.29, 0.717) is 21.5 Å². The van der Waals surface area contributed by atoms with Gasteiger partial charge in [0.1, 0.15) is 0 Å². The van der Waals surface area contributed by atoms with Crippen LogP contribution in [0.5, 0.6) is 0 Å². The maximum absolute atomic E-state index is 14.0. The first-order valence-corrected chi connectivity index (χ1v) is 14.4. The highest BCUT2D eigenvalue weighted by atomic mass is 79.9. The quantitative estimate of drug-likeness (QED) is 0.115. The lowest BCUT2D eigenvalue weighted by atomic mass is 9.84. The number of fused-ring (bicyclic) bond motifs is 4. The largest absolute Gasteiger partial charge is 0.289 e. The second kappa shape index (κ2) is 7.13. The normalized spacial score (nSPS) is 12.7. The van der Waals surface area contributed by atoms with Crippen LogP contribution in [0.3, 0.4) is 0 Å². The Kier molecular flexibility index (Phi) is 4.30. The van der Waals surface area contributed by atoms with Crippen LogP contribution in [0.15, 0.2) is 88.1 Å². The molecule has 0 saturated heterocycles. The molecule has 0 unspecified atom stereocenters. The van der Waals surface area contributed by atoms with E-state index in [0.717, 1.165) is 71.8 Å². The Morgan fingerprint density at radius 1 is 0.389 bits per heavy atom. The molecule has 0 aliphatic heterocycles. The van der Waals surface area contributed by atoms with Crippen molar-refractivity contribution in [1.82, 2.24) is 0 Å². The molecule has 0 aliphatic rings. The van der Waals surface area contributed by atoms with Crippen molar-refractivity contribution >= 4 is 139 Å². The predicted octanol–water partition coefficient (Wildman–Crippen LogP) is 9.84. The molecule has 0 spiro atoms. The van der Waals surface area contributed by atoms with Crippen LogP contribution >= 0.6 is 63.7 Å². The molecule has 8 aromatic rings. The summed E-state index contributed by atoms with van der Waals surface area (Å²) in [5.74, 6) is 0. The smallest absolute Gasteiger partial charge is 0.196 e. The van der Waals surface area contributed by atoms with Crippen molar-refractivity contribution in [1.29, 1.82) is 0 Å². The molecule has 0 heterocycles. The van der Waals surface area contributed by atoms with Crippen molar-refractivity contribution in [2.24, 2.45) is 0 Å². The lowest BCUT2D eigenvalue weighted by Gasteiger charge is -2.21. The standard InChI is InChI=1S/C30H10Br4O2/c31-19-7-3-6-12-15-8-16-20(32)10-18-21-14(11-4-1-2-5-13(11)29(18)35)9-17-25(24(16)21)23(15)26(28(34)27(17)33)30(36)22(12)19/h1-10H. The third kappa shape index (κ3) is 2.42. The van der Waals surface area contributed by atoms with E-state index in [-0.39, 0.29) is 10.9 Å². The Labute approximate surface area is 236 Å². The molecule has 0 radical (unpaired) electrons. The fourth-order valence-corrected chi connectivity index (χ4v) is 8.32. The third-order valence-corrected chi connectivity index (χ3v) is 11.0. The van der Waals surface area contributed by atoms with Crippen molar-refractivity contribution < 1.29 is 0 Å².